The molecule has 4 heterocycles. The summed E-state index contributed by atoms with van der Waals surface area (Å²) in [6, 6.07) is 37.4. The third-order valence-corrected chi connectivity index (χ3v) is 15.3. The maximum absolute atomic E-state index is 2.41. The largest absolute Gasteiger partial charge is 0.139 e. The fraction of sp³-hybridized carbons (Fsp3) is 0.348. The van der Waals surface area contributed by atoms with Crippen LogP contribution in [0, 0.1) is 11.8 Å². The monoisotopic (exact) mass is 730 g/mol. The molecular formula is C46H50S4. The third kappa shape index (κ3) is 8.05. The van der Waals surface area contributed by atoms with E-state index in [9.17, 15) is 0 Å². The summed E-state index contributed by atoms with van der Waals surface area (Å²) in [7, 11) is 0. The van der Waals surface area contributed by atoms with Crippen molar-refractivity contribution in [1.29, 1.82) is 0 Å². The molecule has 0 fully saturated rings. The Bertz CT molecular complexity index is 2150. The van der Waals surface area contributed by atoms with E-state index in [0.717, 1.165) is 11.8 Å². The van der Waals surface area contributed by atoms with Crippen LogP contribution in [0.5, 0.6) is 0 Å². The van der Waals surface area contributed by atoms with Crippen molar-refractivity contribution in [2.75, 3.05) is 0 Å². The summed E-state index contributed by atoms with van der Waals surface area (Å²) in [5.41, 5.74) is 2.64. The number of unbranched alkanes of at least 4 members (excludes halogenated alkanes) is 2. The molecule has 4 aromatic heterocycles. The summed E-state index contributed by atoms with van der Waals surface area (Å²) in [5, 5.41) is 5.25. The Morgan fingerprint density at radius 1 is 0.460 bits per heavy atom. The predicted octanol–water partition coefficient (Wildman–Crippen LogP) is 16.4. The van der Waals surface area contributed by atoms with Crippen molar-refractivity contribution in [1.82, 2.24) is 0 Å². The van der Waals surface area contributed by atoms with E-state index in [-0.39, 0.29) is 0 Å². The zero-order valence-corrected chi connectivity index (χ0v) is 33.4. The molecule has 0 amide bonds. The van der Waals surface area contributed by atoms with Crippen LogP contribution in [0.3, 0.4) is 0 Å². The molecule has 2 unspecified atom stereocenters. The summed E-state index contributed by atoms with van der Waals surface area (Å²) in [4.78, 5) is 11.3. The minimum absolute atomic E-state index is 0.808. The Balaban J connectivity index is 1.09. The van der Waals surface area contributed by atoms with Gasteiger partial charge in [-0.15, -0.1) is 45.3 Å². The molecule has 0 bridgehead atoms. The summed E-state index contributed by atoms with van der Waals surface area (Å²) in [6.07, 6.45) is 13.0. The summed E-state index contributed by atoms with van der Waals surface area (Å²) >= 11 is 7.84. The van der Waals surface area contributed by atoms with E-state index in [1.807, 2.05) is 45.3 Å². The molecule has 7 aromatic rings. The van der Waals surface area contributed by atoms with Crippen LogP contribution in [0.15, 0.2) is 97.1 Å². The van der Waals surface area contributed by atoms with Crippen LogP contribution in [0.4, 0.5) is 0 Å². The van der Waals surface area contributed by atoms with Gasteiger partial charge in [-0.1, -0.05) is 109 Å². The zero-order valence-electron chi connectivity index (χ0n) is 30.1. The van der Waals surface area contributed by atoms with Gasteiger partial charge in [-0.3, -0.25) is 0 Å². The minimum Gasteiger partial charge on any atom is -0.139 e. The smallest absolute Gasteiger partial charge is 0.0449 e. The molecule has 3 aromatic carbocycles. The second kappa shape index (κ2) is 16.5. The van der Waals surface area contributed by atoms with Crippen molar-refractivity contribution in [3.05, 3.63) is 107 Å². The first-order valence-electron chi connectivity index (χ1n) is 18.9. The van der Waals surface area contributed by atoms with Gasteiger partial charge in [0.05, 0.1) is 0 Å². The highest BCUT2D eigenvalue weighted by Gasteiger charge is 2.15. The Labute approximate surface area is 315 Å². The van der Waals surface area contributed by atoms with Gasteiger partial charge in [0.25, 0.3) is 0 Å². The standard InChI is InChI=1S/C46H50S4/c1-5-9-12-31(7-3)26-37-18-20-43(47-37)45-24-22-41(49-45)35-17-16-33-30-40-34(28-36(33)29-35)14-11-15-39(40)42-23-25-46(50-42)44-21-19-38(48-44)27-32(8-4)13-10-6-2/h11,14-25,28-32H,5-10,12-13,26-27H2,1-4H3. The summed E-state index contributed by atoms with van der Waals surface area (Å²) in [5.74, 6) is 1.62. The van der Waals surface area contributed by atoms with Crippen LogP contribution in [0.1, 0.15) is 88.8 Å². The molecule has 0 saturated carbocycles. The van der Waals surface area contributed by atoms with E-state index in [0.29, 0.717) is 0 Å². The average molecular weight is 731 g/mol. The van der Waals surface area contributed by atoms with Crippen molar-refractivity contribution in [2.45, 2.75) is 91.9 Å². The molecule has 2 atom stereocenters. The first kappa shape index (κ1) is 35.4. The van der Waals surface area contributed by atoms with Gasteiger partial charge in [0.15, 0.2) is 0 Å². The van der Waals surface area contributed by atoms with Gasteiger partial charge >= 0.3 is 0 Å². The van der Waals surface area contributed by atoms with Gasteiger partial charge in [0.1, 0.15) is 0 Å². The Morgan fingerprint density at radius 3 is 1.64 bits per heavy atom. The molecule has 0 nitrogen and oxygen atoms in total. The number of fused-ring (bicyclic) bond motifs is 2. The maximum Gasteiger partial charge on any atom is 0.0449 e. The highest BCUT2D eigenvalue weighted by Crippen LogP contribution is 2.43. The van der Waals surface area contributed by atoms with Crippen molar-refractivity contribution in [2.24, 2.45) is 11.8 Å². The van der Waals surface area contributed by atoms with Crippen LogP contribution in [0.25, 0.3) is 61.9 Å². The zero-order chi connectivity index (χ0) is 34.5. The van der Waals surface area contributed by atoms with E-state index in [1.165, 1.54) is 136 Å². The van der Waals surface area contributed by atoms with Crippen molar-refractivity contribution < 1.29 is 0 Å². The van der Waals surface area contributed by atoms with Gasteiger partial charge in [0, 0.05) is 39.0 Å². The first-order chi connectivity index (χ1) is 24.5. The Hall–Kier alpha value is -3.02. The first-order valence-corrected chi connectivity index (χ1v) is 22.2. The SMILES string of the molecule is CCCCC(CC)Cc1ccc(-c2ccc(-c3ccc4cc5c(-c6ccc(-c7ccc(CC(CC)CCCC)s7)s6)cccc5cc4c3)s2)s1. The van der Waals surface area contributed by atoms with Gasteiger partial charge < -0.3 is 0 Å². The molecule has 0 radical (unpaired) electrons. The van der Waals surface area contributed by atoms with Gasteiger partial charge in [-0.2, -0.15) is 0 Å². The van der Waals surface area contributed by atoms with Crippen LogP contribution >= 0.6 is 45.3 Å². The molecular weight excluding hydrogens is 681 g/mol. The van der Waals surface area contributed by atoms with E-state index in [2.05, 4.69) is 125 Å². The van der Waals surface area contributed by atoms with Gasteiger partial charge in [-0.05, 0) is 124 Å². The van der Waals surface area contributed by atoms with Crippen LogP contribution in [0.2, 0.25) is 0 Å². The molecule has 0 saturated heterocycles. The number of hydrogen-bond acceptors (Lipinski definition) is 4. The molecule has 0 N–H and O–H groups in total. The predicted molar refractivity (Wildman–Crippen MR) is 229 cm³/mol. The highest BCUT2D eigenvalue weighted by molar-refractivity contribution is 7.24. The lowest BCUT2D eigenvalue weighted by Gasteiger charge is -2.12. The summed E-state index contributed by atoms with van der Waals surface area (Å²) in [6.45, 7) is 9.31. The molecule has 50 heavy (non-hydrogen) atoms. The highest BCUT2D eigenvalue weighted by atomic mass is 32.1. The normalized spacial score (nSPS) is 13.0. The molecule has 0 aliphatic carbocycles. The van der Waals surface area contributed by atoms with Crippen molar-refractivity contribution in [3.8, 4) is 40.4 Å². The minimum atomic E-state index is 0.808. The fourth-order valence-electron chi connectivity index (χ4n) is 7.33. The number of benzene rings is 3. The lowest BCUT2D eigenvalue weighted by Crippen LogP contribution is -2.01. The molecule has 0 aliphatic rings. The second-order valence-corrected chi connectivity index (χ2v) is 18.5. The molecule has 4 heteroatoms. The van der Waals surface area contributed by atoms with Crippen LogP contribution in [-0.2, 0) is 12.8 Å². The fourth-order valence-corrected chi connectivity index (χ4v) is 11.8. The molecule has 0 aliphatic heterocycles. The van der Waals surface area contributed by atoms with Crippen molar-refractivity contribution >= 4 is 66.9 Å². The molecule has 0 spiro atoms. The van der Waals surface area contributed by atoms with E-state index < -0.39 is 0 Å². The average Bonchev–Trinajstić information content (AvgIpc) is 3.98. The van der Waals surface area contributed by atoms with Crippen LogP contribution < -0.4 is 0 Å². The topological polar surface area (TPSA) is 0 Å². The third-order valence-electron chi connectivity index (χ3n) is 10.5. The van der Waals surface area contributed by atoms with E-state index in [4.69, 9.17) is 0 Å². The molecule has 7 rings (SSSR count). The van der Waals surface area contributed by atoms with E-state index >= 15 is 0 Å². The maximum atomic E-state index is 2.41. The van der Waals surface area contributed by atoms with Gasteiger partial charge in [-0.25, -0.2) is 0 Å². The number of rotatable bonds is 16. The quantitative estimate of drug-likeness (QED) is 0.0869. The van der Waals surface area contributed by atoms with Crippen LogP contribution in [-0.4, -0.2) is 0 Å². The summed E-state index contributed by atoms with van der Waals surface area (Å²) < 4.78 is 0. The second-order valence-electron chi connectivity index (χ2n) is 14.0. The Kier molecular flexibility index (Phi) is 11.7. The number of hydrogen-bond donors (Lipinski definition) is 0. The van der Waals surface area contributed by atoms with E-state index in [1.54, 1.807) is 0 Å². The molecule has 258 valence electrons. The lowest BCUT2D eigenvalue weighted by molar-refractivity contribution is 0.452. The van der Waals surface area contributed by atoms with Gasteiger partial charge in [0.2, 0.25) is 0 Å². The Morgan fingerprint density at radius 2 is 1.02 bits per heavy atom. The number of thiophene rings is 4. The van der Waals surface area contributed by atoms with Crippen molar-refractivity contribution in [3.63, 3.8) is 0 Å². The lowest BCUT2D eigenvalue weighted by atomic mass is 9.95.